The summed E-state index contributed by atoms with van der Waals surface area (Å²) < 4.78 is 1.07. The van der Waals surface area contributed by atoms with Gasteiger partial charge in [-0.2, -0.15) is 0 Å². The van der Waals surface area contributed by atoms with Crippen LogP contribution in [0.1, 0.15) is 11.4 Å². The molecule has 2 heterocycles. The standard InChI is InChI=1S/C21H17BrClN3OS/c1-26(10-13-6-2-4-8-16(13)22)11-18-24-20(27)19-15(12-28-21(19)25-18)14-7-3-5-9-17(14)23/h2-9,12H,10-11H2,1H3,(H,24,25,27). The van der Waals surface area contributed by atoms with Crippen LogP contribution in [0.5, 0.6) is 0 Å². The van der Waals surface area contributed by atoms with E-state index in [0.29, 0.717) is 22.8 Å². The van der Waals surface area contributed by atoms with Gasteiger partial charge >= 0.3 is 0 Å². The predicted octanol–water partition coefficient (Wildman–Crippen LogP) is 5.70. The summed E-state index contributed by atoms with van der Waals surface area (Å²) in [5.74, 6) is 0.652. The summed E-state index contributed by atoms with van der Waals surface area (Å²) >= 11 is 11.4. The van der Waals surface area contributed by atoms with Crippen molar-refractivity contribution >= 4 is 49.1 Å². The third-order valence-electron chi connectivity index (χ3n) is 4.47. The Labute approximate surface area is 179 Å². The number of hydrogen-bond acceptors (Lipinski definition) is 4. The van der Waals surface area contributed by atoms with E-state index in [9.17, 15) is 4.79 Å². The Morgan fingerprint density at radius 2 is 1.86 bits per heavy atom. The maximum atomic E-state index is 12.8. The molecule has 0 unspecified atom stereocenters. The number of nitrogens with one attached hydrogen (secondary N) is 1. The Bertz CT molecular complexity index is 1200. The van der Waals surface area contributed by atoms with Crippen LogP contribution in [0.25, 0.3) is 21.3 Å². The molecule has 2 aromatic carbocycles. The number of halogens is 2. The number of aromatic amines is 1. The van der Waals surface area contributed by atoms with Gasteiger partial charge in [-0.05, 0) is 24.7 Å². The molecule has 0 aliphatic rings. The van der Waals surface area contributed by atoms with Crippen molar-refractivity contribution in [2.75, 3.05) is 7.05 Å². The topological polar surface area (TPSA) is 49.0 Å². The van der Waals surface area contributed by atoms with Crippen LogP contribution in [-0.2, 0) is 13.1 Å². The number of nitrogens with zero attached hydrogens (tertiary/aromatic N) is 2. The summed E-state index contributed by atoms with van der Waals surface area (Å²) in [6, 6.07) is 15.7. The molecule has 4 rings (SSSR count). The molecule has 0 amide bonds. The van der Waals surface area contributed by atoms with Gasteiger partial charge in [-0.3, -0.25) is 9.69 Å². The number of rotatable bonds is 5. The lowest BCUT2D eigenvalue weighted by atomic mass is 10.1. The molecular weight excluding hydrogens is 458 g/mol. The largest absolute Gasteiger partial charge is 0.309 e. The van der Waals surface area contributed by atoms with Crippen LogP contribution in [0.3, 0.4) is 0 Å². The minimum absolute atomic E-state index is 0.134. The van der Waals surface area contributed by atoms with Crippen molar-refractivity contribution in [3.05, 3.63) is 85.1 Å². The molecule has 0 bridgehead atoms. The zero-order chi connectivity index (χ0) is 19.7. The summed E-state index contributed by atoms with van der Waals surface area (Å²) in [5, 5.41) is 3.16. The van der Waals surface area contributed by atoms with Crippen molar-refractivity contribution in [3.8, 4) is 11.1 Å². The van der Waals surface area contributed by atoms with Crippen molar-refractivity contribution < 1.29 is 0 Å². The molecule has 28 heavy (non-hydrogen) atoms. The van der Waals surface area contributed by atoms with Crippen molar-refractivity contribution in [3.63, 3.8) is 0 Å². The van der Waals surface area contributed by atoms with E-state index in [4.69, 9.17) is 11.6 Å². The molecule has 7 heteroatoms. The fraction of sp³-hybridized carbons (Fsp3) is 0.143. The lowest BCUT2D eigenvalue weighted by molar-refractivity contribution is 0.310. The highest BCUT2D eigenvalue weighted by atomic mass is 79.9. The van der Waals surface area contributed by atoms with Gasteiger partial charge in [0.05, 0.1) is 11.9 Å². The summed E-state index contributed by atoms with van der Waals surface area (Å²) in [4.78, 5) is 23.3. The maximum absolute atomic E-state index is 12.8. The third-order valence-corrected chi connectivity index (χ3v) is 6.45. The maximum Gasteiger partial charge on any atom is 0.260 e. The molecule has 1 N–H and O–H groups in total. The first-order valence-electron chi connectivity index (χ1n) is 8.70. The van der Waals surface area contributed by atoms with Crippen LogP contribution in [0.4, 0.5) is 0 Å². The van der Waals surface area contributed by atoms with Crippen LogP contribution < -0.4 is 5.56 Å². The van der Waals surface area contributed by atoms with Crippen LogP contribution >= 0.6 is 38.9 Å². The molecule has 0 spiro atoms. The number of hydrogen-bond donors (Lipinski definition) is 1. The Morgan fingerprint density at radius 1 is 1.11 bits per heavy atom. The zero-order valence-corrected chi connectivity index (χ0v) is 18.2. The number of benzene rings is 2. The molecule has 0 atom stereocenters. The third kappa shape index (κ3) is 3.91. The van der Waals surface area contributed by atoms with E-state index in [1.54, 1.807) is 0 Å². The molecule has 2 aromatic heterocycles. The van der Waals surface area contributed by atoms with Gasteiger partial charge in [0.2, 0.25) is 0 Å². The molecule has 0 saturated carbocycles. The second-order valence-corrected chi connectivity index (χ2v) is 8.71. The smallest absolute Gasteiger partial charge is 0.260 e. The monoisotopic (exact) mass is 473 g/mol. The predicted molar refractivity (Wildman–Crippen MR) is 120 cm³/mol. The Balaban J connectivity index is 1.63. The molecule has 0 fully saturated rings. The van der Waals surface area contributed by atoms with Crippen molar-refractivity contribution in [2.24, 2.45) is 0 Å². The highest BCUT2D eigenvalue weighted by Crippen LogP contribution is 2.34. The Kier molecular flexibility index (Phi) is 5.64. The average Bonchev–Trinajstić information content (AvgIpc) is 3.08. The SMILES string of the molecule is CN(Cc1nc2scc(-c3ccccc3Cl)c2c(=O)[nH]1)Cc1ccccc1Br. The van der Waals surface area contributed by atoms with Crippen LogP contribution in [0, 0.1) is 0 Å². The highest BCUT2D eigenvalue weighted by molar-refractivity contribution is 9.10. The second kappa shape index (κ2) is 8.17. The van der Waals surface area contributed by atoms with Crippen molar-refractivity contribution in [1.82, 2.24) is 14.9 Å². The Hall–Kier alpha value is -1.99. The van der Waals surface area contributed by atoms with Gasteiger partial charge in [0.25, 0.3) is 5.56 Å². The first-order chi connectivity index (χ1) is 13.5. The van der Waals surface area contributed by atoms with Crippen molar-refractivity contribution in [2.45, 2.75) is 13.1 Å². The van der Waals surface area contributed by atoms with Crippen LogP contribution in [-0.4, -0.2) is 21.9 Å². The molecule has 4 nitrogen and oxygen atoms in total. The minimum Gasteiger partial charge on any atom is -0.309 e. The fourth-order valence-electron chi connectivity index (χ4n) is 3.18. The van der Waals surface area contributed by atoms with Gasteiger partial charge in [-0.25, -0.2) is 4.98 Å². The van der Waals surface area contributed by atoms with Gasteiger partial charge < -0.3 is 4.98 Å². The molecule has 4 aromatic rings. The summed E-state index contributed by atoms with van der Waals surface area (Å²) in [7, 11) is 2.01. The molecule has 0 aliphatic carbocycles. The molecular formula is C21H17BrClN3OS. The van der Waals surface area contributed by atoms with E-state index < -0.39 is 0 Å². The summed E-state index contributed by atoms with van der Waals surface area (Å²) in [5.41, 5.74) is 2.73. The Morgan fingerprint density at radius 3 is 2.64 bits per heavy atom. The molecule has 0 saturated heterocycles. The van der Waals surface area contributed by atoms with Gasteiger partial charge in [0.1, 0.15) is 10.7 Å². The normalized spacial score (nSPS) is 11.4. The van der Waals surface area contributed by atoms with Crippen LogP contribution in [0.15, 0.2) is 63.2 Å². The second-order valence-electron chi connectivity index (χ2n) is 6.59. The molecule has 0 radical (unpaired) electrons. The van der Waals surface area contributed by atoms with Gasteiger partial charge in [-0.15, -0.1) is 11.3 Å². The van der Waals surface area contributed by atoms with E-state index in [1.165, 1.54) is 16.9 Å². The number of thiophene rings is 1. The molecule has 142 valence electrons. The zero-order valence-electron chi connectivity index (χ0n) is 15.1. The lowest BCUT2D eigenvalue weighted by Crippen LogP contribution is -2.21. The van der Waals surface area contributed by atoms with E-state index >= 15 is 0 Å². The van der Waals surface area contributed by atoms with Crippen molar-refractivity contribution in [1.29, 1.82) is 0 Å². The number of aromatic nitrogens is 2. The minimum atomic E-state index is -0.134. The lowest BCUT2D eigenvalue weighted by Gasteiger charge is -2.17. The van der Waals surface area contributed by atoms with Gasteiger partial charge in [0, 0.05) is 32.5 Å². The van der Waals surface area contributed by atoms with E-state index in [1.807, 2.05) is 54.9 Å². The van der Waals surface area contributed by atoms with E-state index in [-0.39, 0.29) is 5.56 Å². The first kappa shape index (κ1) is 19.3. The summed E-state index contributed by atoms with van der Waals surface area (Å²) in [6.07, 6.45) is 0. The van der Waals surface area contributed by atoms with E-state index in [2.05, 4.69) is 36.9 Å². The molecule has 0 aliphatic heterocycles. The highest BCUT2D eigenvalue weighted by Gasteiger charge is 2.15. The average molecular weight is 475 g/mol. The van der Waals surface area contributed by atoms with Gasteiger partial charge in [0.15, 0.2) is 0 Å². The quantitative estimate of drug-likeness (QED) is 0.404. The van der Waals surface area contributed by atoms with Gasteiger partial charge in [-0.1, -0.05) is 63.9 Å². The van der Waals surface area contributed by atoms with E-state index in [0.717, 1.165) is 27.0 Å². The number of H-pyrrole nitrogens is 1. The fourth-order valence-corrected chi connectivity index (χ4v) is 4.78. The number of fused-ring (bicyclic) bond motifs is 1. The first-order valence-corrected chi connectivity index (χ1v) is 10.7. The van der Waals surface area contributed by atoms with Crippen LogP contribution in [0.2, 0.25) is 5.02 Å². The summed E-state index contributed by atoms with van der Waals surface area (Å²) in [6.45, 7) is 1.30.